The zero-order valence-corrected chi connectivity index (χ0v) is 12.3. The SMILES string of the molecule is COc1cc(CN2CCC(C(N)=O)C2)cc(Br)c1O. The Labute approximate surface area is 120 Å². The second kappa shape index (κ2) is 5.79. The van der Waals surface area contributed by atoms with E-state index in [1.807, 2.05) is 6.07 Å². The number of halogens is 1. The number of phenols is 1. The Kier molecular flexibility index (Phi) is 4.31. The molecule has 1 fully saturated rings. The molecule has 1 aromatic carbocycles. The summed E-state index contributed by atoms with van der Waals surface area (Å²) in [6.45, 7) is 2.25. The number of benzene rings is 1. The quantitative estimate of drug-likeness (QED) is 0.877. The van der Waals surface area contributed by atoms with Crippen LogP contribution in [0.1, 0.15) is 12.0 Å². The summed E-state index contributed by atoms with van der Waals surface area (Å²) in [6.07, 6.45) is 0.811. The molecule has 0 aliphatic carbocycles. The van der Waals surface area contributed by atoms with Crippen molar-refractivity contribution in [2.75, 3.05) is 20.2 Å². The molecule has 0 aromatic heterocycles. The zero-order chi connectivity index (χ0) is 14.0. The first-order valence-corrected chi connectivity index (χ1v) is 6.87. The molecule has 2 rings (SSSR count). The molecule has 0 spiro atoms. The molecule has 1 heterocycles. The van der Waals surface area contributed by atoms with Crippen molar-refractivity contribution in [1.82, 2.24) is 4.90 Å². The molecule has 1 saturated heterocycles. The molecule has 1 atom stereocenters. The molecular weight excluding hydrogens is 312 g/mol. The highest BCUT2D eigenvalue weighted by atomic mass is 79.9. The standard InChI is InChI=1S/C13H17BrN2O3/c1-19-11-5-8(4-10(14)12(11)17)6-16-3-2-9(7-16)13(15)18/h4-5,9,17H,2-3,6-7H2,1H3,(H2,15,18). The minimum atomic E-state index is -0.230. The molecule has 1 aliphatic heterocycles. The van der Waals surface area contributed by atoms with E-state index in [9.17, 15) is 9.90 Å². The van der Waals surface area contributed by atoms with E-state index in [1.165, 1.54) is 7.11 Å². The summed E-state index contributed by atoms with van der Waals surface area (Å²) < 4.78 is 5.72. The van der Waals surface area contributed by atoms with Gasteiger partial charge in [0.25, 0.3) is 0 Å². The zero-order valence-electron chi connectivity index (χ0n) is 10.7. The number of primary amides is 1. The summed E-state index contributed by atoms with van der Waals surface area (Å²) in [5.74, 6) is 0.257. The average molecular weight is 329 g/mol. The lowest BCUT2D eigenvalue weighted by molar-refractivity contribution is -0.121. The van der Waals surface area contributed by atoms with Gasteiger partial charge in [-0.25, -0.2) is 0 Å². The number of likely N-dealkylation sites (tertiary alicyclic amines) is 1. The second-order valence-electron chi connectivity index (χ2n) is 4.75. The van der Waals surface area contributed by atoms with E-state index in [2.05, 4.69) is 20.8 Å². The van der Waals surface area contributed by atoms with Gasteiger partial charge in [0.15, 0.2) is 11.5 Å². The Morgan fingerprint density at radius 3 is 2.95 bits per heavy atom. The number of hydrogen-bond acceptors (Lipinski definition) is 4. The summed E-state index contributed by atoms with van der Waals surface area (Å²) in [4.78, 5) is 13.3. The molecule has 0 radical (unpaired) electrons. The first-order valence-electron chi connectivity index (χ1n) is 6.08. The fourth-order valence-electron chi connectivity index (χ4n) is 2.34. The molecule has 6 heteroatoms. The third-order valence-corrected chi connectivity index (χ3v) is 3.99. The van der Waals surface area contributed by atoms with Crippen LogP contribution in [0.3, 0.4) is 0 Å². The van der Waals surface area contributed by atoms with Crippen LogP contribution in [0.2, 0.25) is 0 Å². The largest absolute Gasteiger partial charge is 0.503 e. The third kappa shape index (κ3) is 3.19. The fourth-order valence-corrected chi connectivity index (χ4v) is 2.83. The summed E-state index contributed by atoms with van der Waals surface area (Å²) in [6, 6.07) is 3.66. The van der Waals surface area contributed by atoms with E-state index in [4.69, 9.17) is 10.5 Å². The van der Waals surface area contributed by atoms with Crippen LogP contribution in [0.5, 0.6) is 11.5 Å². The number of phenolic OH excluding ortho intramolecular Hbond substituents is 1. The lowest BCUT2D eigenvalue weighted by Gasteiger charge is -2.16. The van der Waals surface area contributed by atoms with Gasteiger partial charge in [-0.05, 0) is 46.6 Å². The second-order valence-corrected chi connectivity index (χ2v) is 5.61. The maximum Gasteiger partial charge on any atom is 0.221 e. The van der Waals surface area contributed by atoms with E-state index < -0.39 is 0 Å². The number of nitrogens with two attached hydrogens (primary N) is 1. The van der Waals surface area contributed by atoms with E-state index in [0.29, 0.717) is 23.3 Å². The van der Waals surface area contributed by atoms with Crippen molar-refractivity contribution in [2.45, 2.75) is 13.0 Å². The lowest BCUT2D eigenvalue weighted by atomic mass is 10.1. The summed E-state index contributed by atoms with van der Waals surface area (Å²) >= 11 is 3.30. The molecule has 5 nitrogen and oxygen atoms in total. The monoisotopic (exact) mass is 328 g/mol. The van der Waals surface area contributed by atoms with Crippen molar-refractivity contribution in [3.8, 4) is 11.5 Å². The van der Waals surface area contributed by atoms with Crippen LogP contribution in [-0.4, -0.2) is 36.1 Å². The molecule has 1 unspecified atom stereocenters. The Balaban J connectivity index is 2.08. The van der Waals surface area contributed by atoms with Gasteiger partial charge in [-0.1, -0.05) is 0 Å². The maximum atomic E-state index is 11.1. The van der Waals surface area contributed by atoms with Crippen LogP contribution in [0.25, 0.3) is 0 Å². The Bertz CT molecular complexity index is 493. The van der Waals surface area contributed by atoms with Crippen LogP contribution >= 0.6 is 15.9 Å². The topological polar surface area (TPSA) is 75.8 Å². The predicted octanol–water partition coefficient (Wildman–Crippen LogP) is 1.47. The number of methoxy groups -OCH3 is 1. The Hall–Kier alpha value is -1.27. The minimum absolute atomic E-state index is 0.0533. The molecule has 19 heavy (non-hydrogen) atoms. The lowest BCUT2D eigenvalue weighted by Crippen LogP contribution is -2.27. The van der Waals surface area contributed by atoms with Gasteiger partial charge in [-0.2, -0.15) is 0 Å². The van der Waals surface area contributed by atoms with Crippen molar-refractivity contribution < 1.29 is 14.6 Å². The number of rotatable bonds is 4. The molecule has 1 aromatic rings. The molecule has 0 saturated carbocycles. The average Bonchev–Trinajstić information content (AvgIpc) is 2.82. The van der Waals surface area contributed by atoms with Crippen molar-refractivity contribution in [3.05, 3.63) is 22.2 Å². The number of hydrogen-bond donors (Lipinski definition) is 2. The van der Waals surface area contributed by atoms with Crippen LogP contribution in [-0.2, 0) is 11.3 Å². The van der Waals surface area contributed by atoms with Gasteiger partial charge >= 0.3 is 0 Å². The van der Waals surface area contributed by atoms with Crippen LogP contribution < -0.4 is 10.5 Å². The highest BCUT2D eigenvalue weighted by molar-refractivity contribution is 9.10. The fraction of sp³-hybridized carbons (Fsp3) is 0.462. The van der Waals surface area contributed by atoms with Gasteiger partial charge in [0.1, 0.15) is 0 Å². The first-order chi connectivity index (χ1) is 9.01. The van der Waals surface area contributed by atoms with Crippen molar-refractivity contribution in [3.63, 3.8) is 0 Å². The molecule has 104 valence electrons. The number of carbonyl (C=O) groups excluding carboxylic acids is 1. The van der Waals surface area contributed by atoms with Gasteiger partial charge in [-0.15, -0.1) is 0 Å². The maximum absolute atomic E-state index is 11.1. The summed E-state index contributed by atoms with van der Waals surface area (Å²) in [5.41, 5.74) is 6.34. The van der Waals surface area contributed by atoms with Crippen molar-refractivity contribution >= 4 is 21.8 Å². The van der Waals surface area contributed by atoms with Gasteiger partial charge in [0.2, 0.25) is 5.91 Å². The van der Waals surface area contributed by atoms with Crippen LogP contribution in [0, 0.1) is 5.92 Å². The van der Waals surface area contributed by atoms with Crippen LogP contribution in [0.15, 0.2) is 16.6 Å². The number of amides is 1. The van der Waals surface area contributed by atoms with Gasteiger partial charge in [-0.3, -0.25) is 9.69 Å². The molecule has 0 bridgehead atoms. The van der Waals surface area contributed by atoms with Gasteiger partial charge < -0.3 is 15.6 Å². The highest BCUT2D eigenvalue weighted by Gasteiger charge is 2.26. The first kappa shape index (κ1) is 14.1. The normalized spacial score (nSPS) is 19.6. The Morgan fingerprint density at radius 2 is 2.37 bits per heavy atom. The number of aromatic hydroxyl groups is 1. The van der Waals surface area contributed by atoms with Crippen molar-refractivity contribution in [1.29, 1.82) is 0 Å². The van der Waals surface area contributed by atoms with E-state index >= 15 is 0 Å². The molecular formula is C13H17BrN2O3. The number of nitrogens with zero attached hydrogens (tertiary/aromatic N) is 1. The van der Waals surface area contributed by atoms with Gasteiger partial charge in [0.05, 0.1) is 17.5 Å². The van der Waals surface area contributed by atoms with E-state index in [-0.39, 0.29) is 17.6 Å². The minimum Gasteiger partial charge on any atom is -0.503 e. The summed E-state index contributed by atoms with van der Waals surface area (Å²) in [5, 5.41) is 9.75. The summed E-state index contributed by atoms with van der Waals surface area (Å²) in [7, 11) is 1.52. The van der Waals surface area contributed by atoms with Crippen molar-refractivity contribution in [2.24, 2.45) is 11.7 Å². The smallest absolute Gasteiger partial charge is 0.221 e. The van der Waals surface area contributed by atoms with E-state index in [1.54, 1.807) is 6.07 Å². The number of carbonyl (C=O) groups is 1. The Morgan fingerprint density at radius 1 is 1.63 bits per heavy atom. The molecule has 1 amide bonds. The molecule has 3 N–H and O–H groups in total. The number of ether oxygens (including phenoxy) is 1. The van der Waals surface area contributed by atoms with Gasteiger partial charge in [0, 0.05) is 13.1 Å². The van der Waals surface area contributed by atoms with Crippen LogP contribution in [0.4, 0.5) is 0 Å². The predicted molar refractivity (Wildman–Crippen MR) is 74.9 cm³/mol. The van der Waals surface area contributed by atoms with E-state index in [0.717, 1.165) is 18.5 Å². The third-order valence-electron chi connectivity index (χ3n) is 3.39. The molecule has 1 aliphatic rings. The highest BCUT2D eigenvalue weighted by Crippen LogP contribution is 2.35.